The van der Waals surface area contributed by atoms with Crippen molar-refractivity contribution in [1.29, 1.82) is 0 Å². The number of ether oxygens (including phenoxy) is 1. The fourth-order valence-corrected chi connectivity index (χ4v) is 1.72. The highest BCUT2D eigenvalue weighted by atomic mass is 79.9. The first kappa shape index (κ1) is 13.2. The first-order chi connectivity index (χ1) is 7.29. The summed E-state index contributed by atoms with van der Waals surface area (Å²) < 4.78 is 6.31. The van der Waals surface area contributed by atoms with E-state index in [-0.39, 0.29) is 11.9 Å². The van der Waals surface area contributed by atoms with Crippen LogP contribution in [0.4, 0.5) is 0 Å². The van der Waals surface area contributed by atoms with Gasteiger partial charge in [0.1, 0.15) is 5.60 Å². The topological polar surface area (TPSA) is 26.3 Å². The Morgan fingerprint density at radius 1 is 1.38 bits per heavy atom. The first-order valence-electron chi connectivity index (χ1n) is 5.28. The van der Waals surface area contributed by atoms with E-state index >= 15 is 0 Å². The second-order valence-electron chi connectivity index (χ2n) is 4.81. The molecule has 0 aromatic heterocycles. The Bertz CT molecular complexity index is 380. The average molecular weight is 285 g/mol. The molecular formula is C13H17BrO2. The minimum atomic E-state index is -0.433. The van der Waals surface area contributed by atoms with Gasteiger partial charge in [-0.1, -0.05) is 28.1 Å². The molecule has 1 atom stereocenters. The normalized spacial score (nSPS) is 13.3. The highest BCUT2D eigenvalue weighted by Gasteiger charge is 2.22. The molecule has 1 aromatic rings. The third-order valence-electron chi connectivity index (χ3n) is 2.11. The second-order valence-corrected chi connectivity index (χ2v) is 5.73. The number of hydrogen-bond acceptors (Lipinski definition) is 2. The van der Waals surface area contributed by atoms with Gasteiger partial charge in [-0.2, -0.15) is 0 Å². The molecule has 1 aromatic carbocycles. The van der Waals surface area contributed by atoms with Gasteiger partial charge in [-0.25, -0.2) is 0 Å². The molecule has 0 spiro atoms. The average Bonchev–Trinajstić information content (AvgIpc) is 2.14. The number of benzene rings is 1. The zero-order chi connectivity index (χ0) is 12.3. The maximum Gasteiger partial charge on any atom is 0.313 e. The van der Waals surface area contributed by atoms with E-state index in [9.17, 15) is 4.79 Å². The van der Waals surface area contributed by atoms with Crippen molar-refractivity contribution in [3.05, 3.63) is 34.3 Å². The van der Waals surface area contributed by atoms with E-state index < -0.39 is 5.60 Å². The molecule has 1 unspecified atom stereocenters. The molecule has 88 valence electrons. The van der Waals surface area contributed by atoms with Crippen LogP contribution < -0.4 is 0 Å². The maximum atomic E-state index is 11.8. The Morgan fingerprint density at radius 3 is 2.50 bits per heavy atom. The van der Waals surface area contributed by atoms with Crippen LogP contribution in [0.3, 0.4) is 0 Å². The quantitative estimate of drug-likeness (QED) is 0.770. The molecule has 0 N–H and O–H groups in total. The van der Waals surface area contributed by atoms with Crippen molar-refractivity contribution >= 4 is 21.9 Å². The van der Waals surface area contributed by atoms with Crippen LogP contribution in [0.1, 0.15) is 39.2 Å². The van der Waals surface area contributed by atoms with E-state index in [1.165, 1.54) is 0 Å². The van der Waals surface area contributed by atoms with E-state index in [0.29, 0.717) is 0 Å². The van der Waals surface area contributed by atoms with Crippen molar-refractivity contribution in [2.75, 3.05) is 0 Å². The molecule has 0 heterocycles. The zero-order valence-electron chi connectivity index (χ0n) is 10.1. The molecule has 2 nitrogen and oxygen atoms in total. The van der Waals surface area contributed by atoms with Crippen molar-refractivity contribution in [3.8, 4) is 0 Å². The molecule has 0 bridgehead atoms. The molecule has 0 saturated heterocycles. The summed E-state index contributed by atoms with van der Waals surface area (Å²) in [5, 5.41) is 0. The molecule has 0 fully saturated rings. The van der Waals surface area contributed by atoms with Crippen molar-refractivity contribution < 1.29 is 9.53 Å². The van der Waals surface area contributed by atoms with Gasteiger partial charge in [0.2, 0.25) is 0 Å². The summed E-state index contributed by atoms with van der Waals surface area (Å²) in [5.41, 5.74) is 0.529. The molecule has 0 aliphatic carbocycles. The number of hydrogen-bond donors (Lipinski definition) is 0. The summed E-state index contributed by atoms with van der Waals surface area (Å²) in [6.07, 6.45) is 0. The standard InChI is InChI=1S/C13H17BrO2/c1-9(12(15)16-13(2,3)4)10-6-5-7-11(14)8-10/h5-9H,1-4H3. The predicted molar refractivity (Wildman–Crippen MR) is 68.4 cm³/mol. The molecule has 3 heteroatoms. The summed E-state index contributed by atoms with van der Waals surface area (Å²) in [5.74, 6) is -0.428. The zero-order valence-corrected chi connectivity index (χ0v) is 11.7. The van der Waals surface area contributed by atoms with Gasteiger partial charge in [-0.05, 0) is 45.4 Å². The molecule has 0 aliphatic heterocycles. The van der Waals surface area contributed by atoms with Gasteiger partial charge < -0.3 is 4.74 Å². The van der Waals surface area contributed by atoms with E-state index in [4.69, 9.17) is 4.74 Å². The number of carbonyl (C=O) groups is 1. The van der Waals surface area contributed by atoms with E-state index in [1.807, 2.05) is 52.0 Å². The van der Waals surface area contributed by atoms with Crippen molar-refractivity contribution in [3.63, 3.8) is 0 Å². The minimum absolute atomic E-state index is 0.189. The highest BCUT2D eigenvalue weighted by molar-refractivity contribution is 9.10. The molecule has 0 radical (unpaired) electrons. The lowest BCUT2D eigenvalue weighted by Gasteiger charge is -2.22. The van der Waals surface area contributed by atoms with Crippen LogP contribution in [0, 0.1) is 0 Å². The van der Waals surface area contributed by atoms with Crippen LogP contribution in [0.5, 0.6) is 0 Å². The Balaban J connectivity index is 2.78. The largest absolute Gasteiger partial charge is 0.460 e. The molecule has 1 rings (SSSR count). The Kier molecular flexibility index (Phi) is 4.14. The van der Waals surface area contributed by atoms with Gasteiger partial charge in [0, 0.05) is 4.47 Å². The van der Waals surface area contributed by atoms with Gasteiger partial charge in [-0.3, -0.25) is 4.79 Å². The van der Waals surface area contributed by atoms with Gasteiger partial charge in [-0.15, -0.1) is 0 Å². The van der Waals surface area contributed by atoms with Crippen LogP contribution in [-0.2, 0) is 9.53 Å². The number of esters is 1. The second kappa shape index (κ2) is 5.00. The number of rotatable bonds is 2. The summed E-state index contributed by atoms with van der Waals surface area (Å²) in [4.78, 5) is 11.8. The van der Waals surface area contributed by atoms with Crippen molar-refractivity contribution in [2.45, 2.75) is 39.2 Å². The minimum Gasteiger partial charge on any atom is -0.460 e. The monoisotopic (exact) mass is 284 g/mol. The van der Waals surface area contributed by atoms with Crippen molar-refractivity contribution in [1.82, 2.24) is 0 Å². The SMILES string of the molecule is CC(C(=O)OC(C)(C)C)c1cccc(Br)c1. The molecule has 0 amide bonds. The Labute approximate surface area is 105 Å². The fourth-order valence-electron chi connectivity index (χ4n) is 1.30. The summed E-state index contributed by atoms with van der Waals surface area (Å²) in [6, 6.07) is 7.72. The van der Waals surface area contributed by atoms with Gasteiger partial charge in [0.15, 0.2) is 0 Å². The predicted octanol–water partition coefficient (Wildman–Crippen LogP) is 3.89. The summed E-state index contributed by atoms with van der Waals surface area (Å²) >= 11 is 3.39. The number of carbonyl (C=O) groups excluding carboxylic acids is 1. The van der Waals surface area contributed by atoms with Gasteiger partial charge in [0.05, 0.1) is 5.92 Å². The lowest BCUT2D eigenvalue weighted by molar-refractivity contribution is -0.156. The number of halogens is 1. The molecular weight excluding hydrogens is 268 g/mol. The first-order valence-corrected chi connectivity index (χ1v) is 6.07. The Hall–Kier alpha value is -0.830. The highest BCUT2D eigenvalue weighted by Crippen LogP contribution is 2.22. The lowest BCUT2D eigenvalue weighted by atomic mass is 10.0. The molecule has 0 aliphatic rings. The maximum absolute atomic E-state index is 11.8. The third-order valence-corrected chi connectivity index (χ3v) is 2.60. The lowest BCUT2D eigenvalue weighted by Crippen LogP contribution is -2.26. The van der Waals surface area contributed by atoms with Crippen LogP contribution >= 0.6 is 15.9 Å². The van der Waals surface area contributed by atoms with Crippen LogP contribution in [-0.4, -0.2) is 11.6 Å². The van der Waals surface area contributed by atoms with Crippen LogP contribution in [0.2, 0.25) is 0 Å². The molecule has 0 saturated carbocycles. The Morgan fingerprint density at radius 2 is 2.00 bits per heavy atom. The smallest absolute Gasteiger partial charge is 0.313 e. The summed E-state index contributed by atoms with van der Waals surface area (Å²) in [6.45, 7) is 7.48. The van der Waals surface area contributed by atoms with Gasteiger partial charge >= 0.3 is 5.97 Å². The van der Waals surface area contributed by atoms with Crippen molar-refractivity contribution in [2.24, 2.45) is 0 Å². The molecule has 16 heavy (non-hydrogen) atoms. The van der Waals surface area contributed by atoms with E-state index in [0.717, 1.165) is 10.0 Å². The van der Waals surface area contributed by atoms with Crippen LogP contribution in [0.15, 0.2) is 28.7 Å². The van der Waals surface area contributed by atoms with E-state index in [2.05, 4.69) is 15.9 Å². The van der Waals surface area contributed by atoms with E-state index in [1.54, 1.807) is 0 Å². The third kappa shape index (κ3) is 3.97. The fraction of sp³-hybridized carbons (Fsp3) is 0.462. The summed E-state index contributed by atoms with van der Waals surface area (Å²) in [7, 11) is 0. The van der Waals surface area contributed by atoms with Gasteiger partial charge in [0.25, 0.3) is 0 Å². The van der Waals surface area contributed by atoms with Crippen LogP contribution in [0.25, 0.3) is 0 Å².